The fourth-order valence-electron chi connectivity index (χ4n) is 4.10. The largest absolute Gasteiger partial charge is 0.469 e. The lowest BCUT2D eigenvalue weighted by Gasteiger charge is -2.34. The van der Waals surface area contributed by atoms with E-state index >= 15 is 0 Å². The molecule has 1 fully saturated rings. The molecule has 2 aromatic heterocycles. The van der Waals surface area contributed by atoms with E-state index in [-0.39, 0.29) is 17.7 Å². The van der Waals surface area contributed by atoms with Crippen molar-refractivity contribution in [2.24, 2.45) is 11.8 Å². The van der Waals surface area contributed by atoms with Gasteiger partial charge in [-0.05, 0) is 43.0 Å². The lowest BCUT2D eigenvalue weighted by atomic mass is 9.84. The molecule has 3 heterocycles. The molecule has 2 amide bonds. The van der Waals surface area contributed by atoms with Crippen LogP contribution in [0.3, 0.4) is 0 Å². The Morgan fingerprint density at radius 3 is 2.72 bits per heavy atom. The second-order valence-corrected chi connectivity index (χ2v) is 7.81. The third kappa shape index (κ3) is 4.36. The lowest BCUT2D eigenvalue weighted by molar-refractivity contribution is -0.126. The number of carbonyl (C=O) groups is 2. The molecule has 152 valence electrons. The first kappa shape index (κ1) is 19.3. The zero-order valence-electron chi connectivity index (χ0n) is 16.7. The summed E-state index contributed by atoms with van der Waals surface area (Å²) in [6, 6.07) is 13.6. The van der Waals surface area contributed by atoms with Gasteiger partial charge in [0.25, 0.3) is 5.91 Å². The summed E-state index contributed by atoms with van der Waals surface area (Å²) < 4.78 is 5.29. The highest BCUT2D eigenvalue weighted by molar-refractivity contribution is 5.98. The van der Waals surface area contributed by atoms with Gasteiger partial charge in [-0.25, -0.2) is 0 Å². The van der Waals surface area contributed by atoms with Gasteiger partial charge in [0.05, 0.1) is 6.26 Å². The zero-order chi connectivity index (χ0) is 20.2. The zero-order valence-corrected chi connectivity index (χ0v) is 16.7. The average Bonchev–Trinajstić information content (AvgIpc) is 3.42. The molecule has 1 aromatic carbocycles. The van der Waals surface area contributed by atoms with Crippen LogP contribution in [0.25, 0.3) is 10.9 Å². The molecule has 0 aliphatic carbocycles. The second kappa shape index (κ2) is 8.55. The van der Waals surface area contributed by atoms with Gasteiger partial charge in [-0.15, -0.1) is 0 Å². The van der Waals surface area contributed by atoms with E-state index in [0.717, 1.165) is 29.5 Å². The van der Waals surface area contributed by atoms with Crippen LogP contribution in [0, 0.1) is 11.8 Å². The van der Waals surface area contributed by atoms with Gasteiger partial charge in [-0.2, -0.15) is 0 Å². The highest BCUT2D eigenvalue weighted by Crippen LogP contribution is 2.26. The van der Waals surface area contributed by atoms with Crippen LogP contribution in [0.2, 0.25) is 0 Å². The van der Waals surface area contributed by atoms with E-state index in [1.165, 1.54) is 0 Å². The van der Waals surface area contributed by atoms with Gasteiger partial charge in [0.1, 0.15) is 11.5 Å². The summed E-state index contributed by atoms with van der Waals surface area (Å²) in [7, 11) is 0. The van der Waals surface area contributed by atoms with Crippen LogP contribution in [0.1, 0.15) is 36.0 Å². The molecule has 1 aliphatic rings. The van der Waals surface area contributed by atoms with Gasteiger partial charge in [0, 0.05) is 42.9 Å². The molecular formula is C23H27N3O3. The Morgan fingerprint density at radius 1 is 1.21 bits per heavy atom. The predicted octanol–water partition coefficient (Wildman–Crippen LogP) is 3.61. The minimum absolute atomic E-state index is 0.0372. The Morgan fingerprint density at radius 2 is 2.00 bits per heavy atom. The summed E-state index contributed by atoms with van der Waals surface area (Å²) in [5.41, 5.74) is 1.61. The van der Waals surface area contributed by atoms with E-state index in [9.17, 15) is 9.59 Å². The first-order chi connectivity index (χ1) is 14.1. The number of aromatic amines is 1. The summed E-state index contributed by atoms with van der Waals surface area (Å²) in [6.07, 6.45) is 4.03. The number of carbonyl (C=O) groups excluding carboxylic acids is 2. The summed E-state index contributed by atoms with van der Waals surface area (Å²) in [6.45, 7) is 3.93. The van der Waals surface area contributed by atoms with Crippen LogP contribution in [0.15, 0.2) is 53.1 Å². The van der Waals surface area contributed by atoms with Crippen molar-refractivity contribution in [3.63, 3.8) is 0 Å². The normalized spacial score (nSPS) is 16.1. The van der Waals surface area contributed by atoms with Crippen LogP contribution in [0.5, 0.6) is 0 Å². The van der Waals surface area contributed by atoms with Crippen molar-refractivity contribution in [2.75, 3.05) is 19.6 Å². The van der Waals surface area contributed by atoms with Gasteiger partial charge in [-0.1, -0.05) is 25.1 Å². The Kier molecular flexibility index (Phi) is 5.69. The topological polar surface area (TPSA) is 78.3 Å². The molecule has 0 bridgehead atoms. The highest BCUT2D eigenvalue weighted by atomic mass is 16.3. The number of para-hydroxylation sites is 1. The number of hydrogen-bond donors (Lipinski definition) is 2. The fraction of sp³-hybridized carbons (Fsp3) is 0.391. The van der Waals surface area contributed by atoms with Crippen LogP contribution in [-0.4, -0.2) is 41.3 Å². The number of rotatable bonds is 6. The number of fused-ring (bicyclic) bond motifs is 1. The van der Waals surface area contributed by atoms with Crippen molar-refractivity contribution >= 4 is 22.7 Å². The van der Waals surface area contributed by atoms with E-state index in [4.69, 9.17) is 4.42 Å². The number of benzene rings is 1. The third-order valence-electron chi connectivity index (χ3n) is 5.96. The van der Waals surface area contributed by atoms with Gasteiger partial charge in [0.2, 0.25) is 5.91 Å². The second-order valence-electron chi connectivity index (χ2n) is 7.81. The van der Waals surface area contributed by atoms with E-state index in [0.29, 0.717) is 37.7 Å². The number of hydrogen-bond acceptors (Lipinski definition) is 3. The number of nitrogens with zero attached hydrogens (tertiary/aromatic N) is 1. The summed E-state index contributed by atoms with van der Waals surface area (Å²) >= 11 is 0. The molecule has 1 unspecified atom stereocenters. The van der Waals surface area contributed by atoms with E-state index in [1.807, 2.05) is 54.3 Å². The van der Waals surface area contributed by atoms with Crippen LogP contribution < -0.4 is 5.32 Å². The van der Waals surface area contributed by atoms with Gasteiger partial charge in [0.15, 0.2) is 0 Å². The fourth-order valence-corrected chi connectivity index (χ4v) is 4.10. The van der Waals surface area contributed by atoms with E-state index < -0.39 is 0 Å². The third-order valence-corrected chi connectivity index (χ3v) is 5.96. The smallest absolute Gasteiger partial charge is 0.270 e. The monoisotopic (exact) mass is 393 g/mol. The SMILES string of the molecule is CC(C(=O)NCCc1ccco1)C1CCN(C(=O)c2cc3ccccc3[nH]2)CC1. The summed E-state index contributed by atoms with van der Waals surface area (Å²) in [4.78, 5) is 30.4. The van der Waals surface area contributed by atoms with Gasteiger partial charge < -0.3 is 19.6 Å². The minimum atomic E-state index is -0.0584. The number of likely N-dealkylation sites (tertiary alicyclic amines) is 1. The Labute approximate surface area is 170 Å². The lowest BCUT2D eigenvalue weighted by Crippen LogP contribution is -2.43. The van der Waals surface area contributed by atoms with Crippen molar-refractivity contribution in [2.45, 2.75) is 26.2 Å². The Bertz CT molecular complexity index is 935. The molecule has 3 aromatic rings. The first-order valence-electron chi connectivity index (χ1n) is 10.3. The average molecular weight is 393 g/mol. The quantitative estimate of drug-likeness (QED) is 0.672. The van der Waals surface area contributed by atoms with Crippen molar-refractivity contribution in [1.82, 2.24) is 15.2 Å². The Balaban J connectivity index is 1.26. The molecule has 6 heteroatoms. The number of aromatic nitrogens is 1. The van der Waals surface area contributed by atoms with E-state index in [2.05, 4.69) is 10.3 Å². The molecule has 1 saturated heterocycles. The molecule has 1 aliphatic heterocycles. The van der Waals surface area contributed by atoms with Crippen molar-refractivity contribution in [3.8, 4) is 0 Å². The molecule has 1 atom stereocenters. The number of piperidine rings is 1. The maximum atomic E-state index is 12.8. The van der Waals surface area contributed by atoms with Crippen molar-refractivity contribution in [3.05, 3.63) is 60.2 Å². The predicted molar refractivity (Wildman–Crippen MR) is 112 cm³/mol. The van der Waals surface area contributed by atoms with Crippen molar-refractivity contribution in [1.29, 1.82) is 0 Å². The molecular weight excluding hydrogens is 366 g/mol. The van der Waals surface area contributed by atoms with E-state index in [1.54, 1.807) is 6.26 Å². The summed E-state index contributed by atoms with van der Waals surface area (Å²) in [5, 5.41) is 4.06. The van der Waals surface area contributed by atoms with Gasteiger partial charge >= 0.3 is 0 Å². The molecule has 29 heavy (non-hydrogen) atoms. The molecule has 0 radical (unpaired) electrons. The molecule has 4 rings (SSSR count). The summed E-state index contributed by atoms with van der Waals surface area (Å²) in [5.74, 6) is 1.23. The minimum Gasteiger partial charge on any atom is -0.469 e. The number of amides is 2. The van der Waals surface area contributed by atoms with Crippen LogP contribution in [0.4, 0.5) is 0 Å². The molecule has 2 N–H and O–H groups in total. The van der Waals surface area contributed by atoms with Crippen LogP contribution >= 0.6 is 0 Å². The number of nitrogens with one attached hydrogen (secondary N) is 2. The highest BCUT2D eigenvalue weighted by Gasteiger charge is 2.30. The number of furan rings is 1. The molecule has 6 nitrogen and oxygen atoms in total. The van der Waals surface area contributed by atoms with Crippen molar-refractivity contribution < 1.29 is 14.0 Å². The first-order valence-corrected chi connectivity index (χ1v) is 10.3. The maximum absolute atomic E-state index is 12.8. The molecule has 0 spiro atoms. The van der Waals surface area contributed by atoms with Crippen LogP contribution in [-0.2, 0) is 11.2 Å². The molecule has 0 saturated carbocycles. The number of H-pyrrole nitrogens is 1. The van der Waals surface area contributed by atoms with Gasteiger partial charge in [-0.3, -0.25) is 9.59 Å². The standard InChI is InChI=1S/C23H27N3O3/c1-16(22(27)24-11-8-19-6-4-14-29-19)17-9-12-26(13-10-17)23(28)21-15-18-5-2-3-7-20(18)25-21/h2-7,14-17,25H,8-13H2,1H3,(H,24,27). The Hall–Kier alpha value is -3.02. The maximum Gasteiger partial charge on any atom is 0.270 e.